The lowest BCUT2D eigenvalue weighted by atomic mass is 9.93. The Kier molecular flexibility index (Phi) is 8.43. The van der Waals surface area contributed by atoms with Gasteiger partial charge in [0.15, 0.2) is 0 Å². The summed E-state index contributed by atoms with van der Waals surface area (Å²) >= 11 is 0. The lowest BCUT2D eigenvalue weighted by Crippen LogP contribution is -2.21. The first-order valence-electron chi connectivity index (χ1n) is 11.4. The van der Waals surface area contributed by atoms with Crippen molar-refractivity contribution in [1.29, 1.82) is 0 Å². The molecule has 0 saturated carbocycles. The first-order valence-corrected chi connectivity index (χ1v) is 13.8. The van der Waals surface area contributed by atoms with E-state index in [4.69, 9.17) is 0 Å². The molecule has 164 valence electrons. The maximum atomic E-state index is 12.3. The molecule has 1 fully saturated rings. The third kappa shape index (κ3) is 7.49. The fourth-order valence-corrected chi connectivity index (χ4v) is 8.19. The molecule has 0 spiro atoms. The highest BCUT2D eigenvalue weighted by molar-refractivity contribution is 6.58. The average Bonchev–Trinajstić information content (AvgIpc) is 2.73. The number of aryl methyl sites for hydroxylation is 1. The van der Waals surface area contributed by atoms with E-state index < -0.39 is 15.2 Å². The molecule has 0 aliphatic carbocycles. The zero-order valence-electron chi connectivity index (χ0n) is 17.9. The van der Waals surface area contributed by atoms with Gasteiger partial charge in [-0.05, 0) is 47.6 Å². The zero-order valence-corrected chi connectivity index (χ0v) is 19.0. The van der Waals surface area contributed by atoms with E-state index >= 15 is 0 Å². The standard InChI is InChI=1S/C25H33F3OSi/c1-2-3-4-17-30-18-15-21(16-19-30)6-5-20-7-9-22(10-8-20)23-11-13-24(14-12-23)29-25(26,27)28/h7-14,21,30H,2-6,15-19H2,1H3/t21-,30-. The van der Waals surface area contributed by atoms with Crippen molar-refractivity contribution in [2.24, 2.45) is 5.92 Å². The van der Waals surface area contributed by atoms with Crippen LogP contribution in [0.4, 0.5) is 13.2 Å². The minimum Gasteiger partial charge on any atom is -0.406 e. The number of unbranched alkanes of at least 4 members (excludes halogenated alkanes) is 2. The van der Waals surface area contributed by atoms with Gasteiger partial charge in [-0.3, -0.25) is 0 Å². The van der Waals surface area contributed by atoms with Crippen LogP contribution in [0.15, 0.2) is 48.5 Å². The first kappa shape index (κ1) is 22.9. The van der Waals surface area contributed by atoms with Gasteiger partial charge in [0.1, 0.15) is 5.75 Å². The molecule has 3 rings (SSSR count). The minimum atomic E-state index is -4.65. The summed E-state index contributed by atoms with van der Waals surface area (Å²) in [6, 6.07) is 19.1. The van der Waals surface area contributed by atoms with Crippen molar-refractivity contribution in [3.63, 3.8) is 0 Å². The van der Waals surface area contributed by atoms with Gasteiger partial charge in [-0.2, -0.15) is 0 Å². The fourth-order valence-electron chi connectivity index (χ4n) is 4.58. The van der Waals surface area contributed by atoms with Crippen molar-refractivity contribution in [2.45, 2.75) is 76.4 Å². The van der Waals surface area contributed by atoms with E-state index in [1.807, 2.05) is 0 Å². The van der Waals surface area contributed by atoms with Crippen molar-refractivity contribution in [2.75, 3.05) is 0 Å². The third-order valence-electron chi connectivity index (χ3n) is 6.40. The number of ether oxygens (including phenoxy) is 1. The van der Waals surface area contributed by atoms with Crippen molar-refractivity contribution in [3.05, 3.63) is 54.1 Å². The molecular formula is C25H33F3OSi. The lowest BCUT2D eigenvalue weighted by molar-refractivity contribution is -0.274. The Morgan fingerprint density at radius 3 is 2.07 bits per heavy atom. The van der Waals surface area contributed by atoms with Gasteiger partial charge >= 0.3 is 6.36 Å². The van der Waals surface area contributed by atoms with E-state index in [1.54, 1.807) is 30.3 Å². The zero-order chi connectivity index (χ0) is 21.4. The summed E-state index contributed by atoms with van der Waals surface area (Å²) in [5, 5.41) is 0. The van der Waals surface area contributed by atoms with E-state index in [0.717, 1.165) is 23.5 Å². The van der Waals surface area contributed by atoms with Gasteiger partial charge in [0.25, 0.3) is 0 Å². The lowest BCUT2D eigenvalue weighted by Gasteiger charge is -2.27. The fraction of sp³-hybridized carbons (Fsp3) is 0.520. The number of halogens is 3. The molecule has 1 nitrogen and oxygen atoms in total. The van der Waals surface area contributed by atoms with Crippen molar-refractivity contribution in [1.82, 2.24) is 0 Å². The molecule has 2 aromatic rings. The minimum absolute atomic E-state index is 0.189. The summed E-state index contributed by atoms with van der Waals surface area (Å²) in [6.07, 6.45) is 4.82. The van der Waals surface area contributed by atoms with Gasteiger partial charge < -0.3 is 4.74 Å². The summed E-state index contributed by atoms with van der Waals surface area (Å²) in [4.78, 5) is 0. The molecule has 0 radical (unpaired) electrons. The SMILES string of the molecule is CCCCC[Si@H]1CC[C@H](CCc2ccc(-c3ccc(OC(F)(F)F)cc3)cc2)CC1. The molecule has 1 aliphatic heterocycles. The largest absolute Gasteiger partial charge is 0.573 e. The second kappa shape index (κ2) is 11.0. The number of alkyl halides is 3. The molecule has 5 heteroatoms. The molecule has 0 unspecified atom stereocenters. The van der Waals surface area contributed by atoms with Crippen LogP contribution in [0.3, 0.4) is 0 Å². The van der Waals surface area contributed by atoms with Gasteiger partial charge in [0.05, 0.1) is 0 Å². The van der Waals surface area contributed by atoms with Crippen LogP contribution in [-0.2, 0) is 6.42 Å². The molecule has 0 aromatic heterocycles. The van der Waals surface area contributed by atoms with Gasteiger partial charge in [0, 0.05) is 8.80 Å². The monoisotopic (exact) mass is 434 g/mol. The highest BCUT2D eigenvalue weighted by Gasteiger charge is 2.31. The number of hydrogen-bond acceptors (Lipinski definition) is 1. The molecule has 1 aliphatic rings. The quantitative estimate of drug-likeness (QED) is 0.287. The topological polar surface area (TPSA) is 9.23 Å². The summed E-state index contributed by atoms with van der Waals surface area (Å²) in [5.41, 5.74) is 3.25. The Morgan fingerprint density at radius 1 is 0.900 bits per heavy atom. The van der Waals surface area contributed by atoms with E-state index in [0.29, 0.717) is 0 Å². The van der Waals surface area contributed by atoms with Crippen molar-refractivity contribution in [3.8, 4) is 16.9 Å². The van der Waals surface area contributed by atoms with Crippen LogP contribution in [0.25, 0.3) is 11.1 Å². The maximum Gasteiger partial charge on any atom is 0.573 e. The second-order valence-corrected chi connectivity index (χ2v) is 12.2. The molecule has 2 aromatic carbocycles. The maximum absolute atomic E-state index is 12.3. The summed E-state index contributed by atoms with van der Waals surface area (Å²) in [7, 11) is -0.424. The van der Waals surface area contributed by atoms with Crippen LogP contribution in [-0.4, -0.2) is 15.2 Å². The van der Waals surface area contributed by atoms with Crippen molar-refractivity contribution < 1.29 is 17.9 Å². The number of rotatable bonds is 9. The Balaban J connectivity index is 1.44. The van der Waals surface area contributed by atoms with E-state index in [2.05, 4.69) is 35.9 Å². The summed E-state index contributed by atoms with van der Waals surface area (Å²) in [5.74, 6) is 0.701. The van der Waals surface area contributed by atoms with Gasteiger partial charge in [0.2, 0.25) is 0 Å². The normalized spacial score (nSPS) is 19.6. The van der Waals surface area contributed by atoms with E-state index in [1.165, 1.54) is 56.2 Å². The Hall–Kier alpha value is -1.75. The predicted octanol–water partition coefficient (Wildman–Crippen LogP) is 8.01. The highest BCUT2D eigenvalue weighted by atomic mass is 28.3. The molecule has 0 N–H and O–H groups in total. The predicted molar refractivity (Wildman–Crippen MR) is 121 cm³/mol. The van der Waals surface area contributed by atoms with Gasteiger partial charge in [-0.25, -0.2) is 0 Å². The highest BCUT2D eigenvalue weighted by Crippen LogP contribution is 2.32. The molecule has 0 amide bonds. The first-order chi connectivity index (χ1) is 14.4. The smallest absolute Gasteiger partial charge is 0.406 e. The van der Waals surface area contributed by atoms with Crippen LogP contribution in [0.2, 0.25) is 18.1 Å². The van der Waals surface area contributed by atoms with Crippen molar-refractivity contribution >= 4 is 8.80 Å². The summed E-state index contributed by atoms with van der Waals surface area (Å²) in [6.45, 7) is 2.29. The number of hydrogen-bond donors (Lipinski definition) is 0. The van der Waals surface area contributed by atoms with Crippen LogP contribution in [0, 0.1) is 5.92 Å². The van der Waals surface area contributed by atoms with Crippen LogP contribution in [0.5, 0.6) is 5.75 Å². The number of benzene rings is 2. The summed E-state index contributed by atoms with van der Waals surface area (Å²) < 4.78 is 40.8. The van der Waals surface area contributed by atoms with E-state index in [-0.39, 0.29) is 5.75 Å². The molecule has 1 heterocycles. The second-order valence-electron chi connectivity index (χ2n) is 8.69. The molecule has 0 bridgehead atoms. The molecular weight excluding hydrogens is 401 g/mol. The van der Waals surface area contributed by atoms with Gasteiger partial charge in [-0.1, -0.05) is 93.6 Å². The Morgan fingerprint density at radius 2 is 1.50 bits per heavy atom. The van der Waals surface area contributed by atoms with Crippen LogP contribution >= 0.6 is 0 Å². The van der Waals surface area contributed by atoms with Crippen LogP contribution in [0.1, 0.15) is 51.0 Å². The average molecular weight is 435 g/mol. The molecule has 1 saturated heterocycles. The van der Waals surface area contributed by atoms with Crippen LogP contribution < -0.4 is 4.74 Å². The van der Waals surface area contributed by atoms with E-state index in [9.17, 15) is 13.2 Å². The van der Waals surface area contributed by atoms with Gasteiger partial charge in [-0.15, -0.1) is 13.2 Å². The Labute approximate surface area is 180 Å². The molecule has 0 atom stereocenters. The molecule has 30 heavy (non-hydrogen) atoms. The third-order valence-corrected chi connectivity index (χ3v) is 9.92. The Bertz CT molecular complexity index is 747.